The van der Waals surface area contributed by atoms with Crippen LogP contribution in [0.1, 0.15) is 23.7 Å². The number of methoxy groups -OCH3 is 1. The lowest BCUT2D eigenvalue weighted by Crippen LogP contribution is -2.45. The van der Waals surface area contributed by atoms with Gasteiger partial charge in [0.05, 0.1) is 18.9 Å². The Bertz CT molecular complexity index is 672. The minimum absolute atomic E-state index is 0.178. The van der Waals surface area contributed by atoms with E-state index in [9.17, 15) is 4.79 Å². The first-order valence-electron chi connectivity index (χ1n) is 7.15. The van der Waals surface area contributed by atoms with Crippen molar-refractivity contribution >= 4 is 29.0 Å². The summed E-state index contributed by atoms with van der Waals surface area (Å²) in [4.78, 5) is 18.7. The van der Waals surface area contributed by atoms with Crippen LogP contribution in [0.15, 0.2) is 34.0 Å². The van der Waals surface area contributed by atoms with Gasteiger partial charge in [0.25, 0.3) is 0 Å². The predicted molar refractivity (Wildman–Crippen MR) is 89.6 cm³/mol. The summed E-state index contributed by atoms with van der Waals surface area (Å²) in [6.45, 7) is 2.80. The lowest BCUT2D eigenvalue weighted by molar-refractivity contribution is -0.136. The number of aromatic nitrogens is 1. The Kier molecular flexibility index (Phi) is 4.69. The maximum atomic E-state index is 12.4. The van der Waals surface area contributed by atoms with Crippen molar-refractivity contribution in [2.24, 2.45) is 0 Å². The minimum Gasteiger partial charge on any atom is -0.497 e. The van der Waals surface area contributed by atoms with E-state index in [1.165, 1.54) is 11.8 Å². The molecular weight excluding hydrogens is 316 g/mol. The standard InChI is InChI=1S/C16H18N2O2S2/c1-11-9-21-16(17-11)22-10-15(19)18-7-6-14(18)12-4-3-5-13(8-12)20-2/h3-5,8-9,14H,6-7,10H2,1-2H3. The molecule has 0 spiro atoms. The third-order valence-electron chi connectivity index (χ3n) is 3.74. The first-order chi connectivity index (χ1) is 10.7. The van der Waals surface area contributed by atoms with Gasteiger partial charge in [-0.3, -0.25) is 4.79 Å². The normalized spacial score (nSPS) is 17.2. The number of aryl methyl sites for hydroxylation is 1. The van der Waals surface area contributed by atoms with E-state index in [2.05, 4.69) is 11.1 Å². The van der Waals surface area contributed by atoms with Gasteiger partial charge in [0.2, 0.25) is 5.91 Å². The average Bonchev–Trinajstić information content (AvgIpc) is 2.90. The second kappa shape index (κ2) is 6.71. The minimum atomic E-state index is 0.178. The molecule has 0 N–H and O–H groups in total. The summed E-state index contributed by atoms with van der Waals surface area (Å²) >= 11 is 3.12. The highest BCUT2D eigenvalue weighted by atomic mass is 32.2. The van der Waals surface area contributed by atoms with Gasteiger partial charge in [-0.05, 0) is 31.0 Å². The highest BCUT2D eigenvalue weighted by molar-refractivity contribution is 8.01. The van der Waals surface area contributed by atoms with Crippen molar-refractivity contribution in [2.75, 3.05) is 19.4 Å². The molecule has 116 valence electrons. The van der Waals surface area contributed by atoms with Gasteiger partial charge >= 0.3 is 0 Å². The quantitative estimate of drug-likeness (QED) is 0.785. The Labute approximate surface area is 138 Å². The smallest absolute Gasteiger partial charge is 0.233 e. The highest BCUT2D eigenvalue weighted by Crippen LogP contribution is 2.35. The second-order valence-corrected chi connectivity index (χ2v) is 7.29. The SMILES string of the molecule is COc1cccc(C2CCN2C(=O)CSc2nc(C)cs2)c1. The van der Waals surface area contributed by atoms with Gasteiger partial charge in [-0.15, -0.1) is 11.3 Å². The second-order valence-electron chi connectivity index (χ2n) is 5.21. The molecule has 1 aromatic heterocycles. The van der Waals surface area contributed by atoms with E-state index in [4.69, 9.17) is 4.74 Å². The molecule has 1 amide bonds. The zero-order valence-electron chi connectivity index (χ0n) is 12.6. The number of carbonyl (C=O) groups excluding carboxylic acids is 1. The Morgan fingerprint density at radius 1 is 1.55 bits per heavy atom. The molecule has 1 aliphatic rings. The number of rotatable bonds is 5. The highest BCUT2D eigenvalue weighted by Gasteiger charge is 2.33. The molecule has 1 aromatic carbocycles. The van der Waals surface area contributed by atoms with Crippen LogP contribution in [0.2, 0.25) is 0 Å². The number of benzene rings is 1. The zero-order valence-corrected chi connectivity index (χ0v) is 14.2. The molecule has 6 heteroatoms. The number of nitrogens with zero attached hydrogens (tertiary/aromatic N) is 2. The van der Waals surface area contributed by atoms with Crippen molar-refractivity contribution in [2.45, 2.75) is 23.7 Å². The molecule has 4 nitrogen and oxygen atoms in total. The molecule has 0 saturated carbocycles. The fourth-order valence-electron chi connectivity index (χ4n) is 2.49. The van der Waals surface area contributed by atoms with Crippen molar-refractivity contribution in [1.82, 2.24) is 9.88 Å². The fourth-order valence-corrected chi connectivity index (χ4v) is 4.22. The lowest BCUT2D eigenvalue weighted by Gasteiger charge is -2.41. The number of ether oxygens (including phenoxy) is 1. The third-order valence-corrected chi connectivity index (χ3v) is 5.86. The molecule has 0 bridgehead atoms. The monoisotopic (exact) mass is 334 g/mol. The Hall–Kier alpha value is -1.53. The number of hydrogen-bond acceptors (Lipinski definition) is 5. The van der Waals surface area contributed by atoms with Crippen LogP contribution < -0.4 is 4.74 Å². The maximum absolute atomic E-state index is 12.4. The van der Waals surface area contributed by atoms with Crippen molar-refractivity contribution in [3.8, 4) is 5.75 Å². The summed E-state index contributed by atoms with van der Waals surface area (Å²) in [6.07, 6.45) is 1.01. The van der Waals surface area contributed by atoms with Gasteiger partial charge in [-0.1, -0.05) is 23.9 Å². The number of thioether (sulfide) groups is 1. The van der Waals surface area contributed by atoms with Crippen LogP contribution in [0.3, 0.4) is 0 Å². The van der Waals surface area contributed by atoms with Crippen molar-refractivity contribution in [1.29, 1.82) is 0 Å². The van der Waals surface area contributed by atoms with Gasteiger partial charge in [0, 0.05) is 17.6 Å². The first kappa shape index (κ1) is 15.4. The van der Waals surface area contributed by atoms with Crippen LogP contribution >= 0.6 is 23.1 Å². The molecule has 0 radical (unpaired) electrons. The molecule has 2 heterocycles. The molecule has 0 aliphatic carbocycles. The van der Waals surface area contributed by atoms with Crippen LogP contribution in [-0.4, -0.2) is 35.2 Å². The molecule has 1 saturated heterocycles. The summed E-state index contributed by atoms with van der Waals surface area (Å²) in [7, 11) is 1.66. The Balaban J connectivity index is 1.61. The fraction of sp³-hybridized carbons (Fsp3) is 0.375. The summed E-state index contributed by atoms with van der Waals surface area (Å²) < 4.78 is 6.22. The van der Waals surface area contributed by atoms with E-state index in [-0.39, 0.29) is 11.9 Å². The summed E-state index contributed by atoms with van der Waals surface area (Å²) in [5.74, 6) is 1.47. The molecule has 1 aliphatic heterocycles. The van der Waals surface area contributed by atoms with E-state index in [1.54, 1.807) is 18.4 Å². The number of thiazole rings is 1. The van der Waals surface area contributed by atoms with E-state index in [0.717, 1.165) is 34.3 Å². The largest absolute Gasteiger partial charge is 0.497 e. The van der Waals surface area contributed by atoms with Gasteiger partial charge in [-0.2, -0.15) is 0 Å². The average molecular weight is 334 g/mol. The van der Waals surface area contributed by atoms with Gasteiger partial charge < -0.3 is 9.64 Å². The van der Waals surface area contributed by atoms with Gasteiger partial charge in [0.1, 0.15) is 5.75 Å². The molecular formula is C16H18N2O2S2. The molecule has 22 heavy (non-hydrogen) atoms. The van der Waals surface area contributed by atoms with E-state index in [0.29, 0.717) is 5.75 Å². The summed E-state index contributed by atoms with van der Waals surface area (Å²) in [5, 5.41) is 2.01. The van der Waals surface area contributed by atoms with Crippen molar-refractivity contribution in [3.05, 3.63) is 40.9 Å². The number of likely N-dealkylation sites (tertiary alicyclic amines) is 1. The number of amides is 1. The Morgan fingerprint density at radius 3 is 3.05 bits per heavy atom. The van der Waals surface area contributed by atoms with Gasteiger partial charge in [0.15, 0.2) is 4.34 Å². The van der Waals surface area contributed by atoms with Crippen LogP contribution in [-0.2, 0) is 4.79 Å². The molecule has 1 unspecified atom stereocenters. The zero-order chi connectivity index (χ0) is 15.5. The molecule has 1 atom stereocenters. The van der Waals surface area contributed by atoms with Crippen LogP contribution in [0.5, 0.6) is 5.75 Å². The first-order valence-corrected chi connectivity index (χ1v) is 9.02. The summed E-state index contributed by atoms with van der Waals surface area (Å²) in [6, 6.07) is 8.16. The Morgan fingerprint density at radius 2 is 2.41 bits per heavy atom. The topological polar surface area (TPSA) is 42.4 Å². The van der Waals surface area contributed by atoms with Crippen LogP contribution in [0.25, 0.3) is 0 Å². The number of hydrogen-bond donors (Lipinski definition) is 0. The molecule has 3 rings (SSSR count). The van der Waals surface area contributed by atoms with E-state index in [1.807, 2.05) is 35.4 Å². The predicted octanol–water partition coefficient (Wildman–Crippen LogP) is 3.53. The summed E-state index contributed by atoms with van der Waals surface area (Å²) in [5.41, 5.74) is 2.16. The van der Waals surface area contributed by atoms with Gasteiger partial charge in [-0.25, -0.2) is 4.98 Å². The molecule has 2 aromatic rings. The molecule has 1 fully saturated rings. The van der Waals surface area contributed by atoms with Crippen molar-refractivity contribution in [3.63, 3.8) is 0 Å². The van der Waals surface area contributed by atoms with Crippen LogP contribution in [0.4, 0.5) is 0 Å². The van der Waals surface area contributed by atoms with Crippen LogP contribution in [0, 0.1) is 6.92 Å². The van der Waals surface area contributed by atoms with Crippen molar-refractivity contribution < 1.29 is 9.53 Å². The maximum Gasteiger partial charge on any atom is 0.233 e. The number of carbonyl (C=O) groups is 1. The van der Waals surface area contributed by atoms with E-state index < -0.39 is 0 Å². The lowest BCUT2D eigenvalue weighted by atomic mass is 9.94. The third kappa shape index (κ3) is 3.28. The van der Waals surface area contributed by atoms with E-state index >= 15 is 0 Å².